The number of halogens is 3. The Morgan fingerprint density at radius 3 is 2.21 bits per heavy atom. The van der Waals surface area contributed by atoms with Gasteiger partial charge in [0.25, 0.3) is 0 Å². The normalized spacial score (nSPS) is 29.1. The lowest BCUT2D eigenvalue weighted by Gasteiger charge is -2.31. The van der Waals surface area contributed by atoms with Gasteiger partial charge in [-0.1, -0.05) is 0 Å². The molecule has 2 N–H and O–H groups in total. The first kappa shape index (κ1) is 11.1. The van der Waals surface area contributed by atoms with Gasteiger partial charge in [-0.25, -0.2) is 0 Å². The number of allylic oxidation sites excluding steroid dienone is 1. The van der Waals surface area contributed by atoms with Gasteiger partial charge in [-0.15, -0.1) is 0 Å². The molecule has 0 saturated heterocycles. The lowest BCUT2D eigenvalue weighted by Crippen LogP contribution is -2.45. The number of aliphatic hydroxyl groups excluding tert-OH is 1. The van der Waals surface area contributed by atoms with Crippen LogP contribution in [0.2, 0.25) is 0 Å². The Morgan fingerprint density at radius 1 is 1.36 bits per heavy atom. The zero-order valence-corrected chi connectivity index (χ0v) is 7.81. The van der Waals surface area contributed by atoms with E-state index in [4.69, 9.17) is 0 Å². The Bertz CT molecular complexity index is 315. The molecule has 14 heavy (non-hydrogen) atoms. The molecule has 0 aromatic rings. The summed E-state index contributed by atoms with van der Waals surface area (Å²) in [5, 5.41) is 18.6. The average Bonchev–Trinajstić information content (AvgIpc) is 1.98. The Hall–Kier alpha value is -0.970. The molecular weight excluding hydrogens is 197 g/mol. The minimum atomic E-state index is -4.71. The van der Waals surface area contributed by atoms with Crippen molar-refractivity contribution >= 4 is 0 Å². The maximum atomic E-state index is 12.4. The van der Waals surface area contributed by atoms with Gasteiger partial charge < -0.3 is 10.2 Å². The molecule has 1 atom stereocenters. The van der Waals surface area contributed by atoms with E-state index in [0.29, 0.717) is 6.08 Å². The molecule has 1 unspecified atom stereocenters. The predicted molar refractivity (Wildman–Crippen MR) is 44.7 cm³/mol. The van der Waals surface area contributed by atoms with E-state index in [1.165, 1.54) is 13.8 Å². The highest BCUT2D eigenvalue weighted by atomic mass is 19.4. The number of alkyl halides is 3. The summed E-state index contributed by atoms with van der Waals surface area (Å²) in [6, 6.07) is 0. The minimum absolute atomic E-state index is 0.0496. The van der Waals surface area contributed by atoms with Gasteiger partial charge in [0.1, 0.15) is 5.76 Å². The standard InChI is InChI=1S/C9H11F3O2/c1-5-3-8(14,9(10,11)12)4-6(2)7(5)13/h3,13-14H,4H2,1-2H3. The fraction of sp³-hybridized carbons (Fsp3) is 0.556. The van der Waals surface area contributed by atoms with Crippen LogP contribution in [-0.2, 0) is 0 Å². The van der Waals surface area contributed by atoms with Gasteiger partial charge in [0.05, 0.1) is 0 Å². The molecule has 2 nitrogen and oxygen atoms in total. The van der Waals surface area contributed by atoms with Gasteiger partial charge in [0.2, 0.25) is 0 Å². The third-order valence-electron chi connectivity index (χ3n) is 2.26. The van der Waals surface area contributed by atoms with E-state index in [1.807, 2.05) is 0 Å². The summed E-state index contributed by atoms with van der Waals surface area (Å²) in [6.45, 7) is 2.69. The minimum Gasteiger partial charge on any atom is -0.508 e. The number of hydrogen-bond acceptors (Lipinski definition) is 2. The topological polar surface area (TPSA) is 40.5 Å². The monoisotopic (exact) mass is 208 g/mol. The molecule has 0 bridgehead atoms. The molecule has 1 aliphatic rings. The van der Waals surface area contributed by atoms with Crippen LogP contribution in [0.25, 0.3) is 0 Å². The summed E-state index contributed by atoms with van der Waals surface area (Å²) in [5.74, 6) is -0.168. The first-order chi connectivity index (χ1) is 6.17. The molecule has 0 saturated carbocycles. The van der Waals surface area contributed by atoms with Crippen LogP contribution in [0.1, 0.15) is 20.3 Å². The van der Waals surface area contributed by atoms with Crippen LogP contribution in [0.5, 0.6) is 0 Å². The Labute approximate surface area is 79.4 Å². The van der Waals surface area contributed by atoms with Gasteiger partial charge in [-0.05, 0) is 31.1 Å². The maximum absolute atomic E-state index is 12.4. The smallest absolute Gasteiger partial charge is 0.421 e. The summed E-state index contributed by atoms with van der Waals surface area (Å²) in [6.07, 6.45) is -4.68. The summed E-state index contributed by atoms with van der Waals surface area (Å²) < 4.78 is 37.2. The first-order valence-electron chi connectivity index (χ1n) is 4.05. The lowest BCUT2D eigenvalue weighted by atomic mass is 9.86. The van der Waals surface area contributed by atoms with Crippen molar-refractivity contribution in [3.63, 3.8) is 0 Å². The van der Waals surface area contributed by atoms with E-state index in [-0.39, 0.29) is 16.9 Å². The molecule has 1 rings (SSSR count). The van der Waals surface area contributed by atoms with Crippen LogP contribution >= 0.6 is 0 Å². The molecule has 0 amide bonds. The van der Waals surface area contributed by atoms with Gasteiger partial charge in [0, 0.05) is 6.42 Å². The van der Waals surface area contributed by atoms with E-state index in [2.05, 4.69) is 0 Å². The van der Waals surface area contributed by atoms with Crippen molar-refractivity contribution in [2.75, 3.05) is 0 Å². The van der Waals surface area contributed by atoms with E-state index < -0.39 is 18.2 Å². The molecule has 0 aromatic carbocycles. The van der Waals surface area contributed by atoms with Crippen molar-refractivity contribution in [1.29, 1.82) is 0 Å². The van der Waals surface area contributed by atoms with E-state index in [9.17, 15) is 23.4 Å². The van der Waals surface area contributed by atoms with Crippen molar-refractivity contribution in [3.8, 4) is 0 Å². The first-order valence-corrected chi connectivity index (χ1v) is 4.05. The highest BCUT2D eigenvalue weighted by molar-refractivity contribution is 5.36. The quantitative estimate of drug-likeness (QED) is 0.642. The highest BCUT2D eigenvalue weighted by Gasteiger charge is 2.53. The van der Waals surface area contributed by atoms with E-state index in [0.717, 1.165) is 0 Å². The van der Waals surface area contributed by atoms with Gasteiger partial charge >= 0.3 is 6.18 Å². The third kappa shape index (κ3) is 1.64. The van der Waals surface area contributed by atoms with Gasteiger partial charge in [-0.2, -0.15) is 13.2 Å². The number of aliphatic hydroxyl groups is 2. The van der Waals surface area contributed by atoms with Crippen molar-refractivity contribution in [1.82, 2.24) is 0 Å². The van der Waals surface area contributed by atoms with Crippen LogP contribution in [-0.4, -0.2) is 22.0 Å². The molecular formula is C9H11F3O2. The van der Waals surface area contributed by atoms with E-state index >= 15 is 0 Å². The fourth-order valence-electron chi connectivity index (χ4n) is 1.48. The average molecular weight is 208 g/mol. The van der Waals surface area contributed by atoms with Crippen LogP contribution in [0, 0.1) is 0 Å². The highest BCUT2D eigenvalue weighted by Crippen LogP contribution is 2.41. The van der Waals surface area contributed by atoms with Crippen LogP contribution < -0.4 is 0 Å². The SMILES string of the molecule is CC1=CC(O)(C(F)(F)F)CC(C)=C1O. The maximum Gasteiger partial charge on any atom is 0.421 e. The predicted octanol–water partition coefficient (Wildman–Crippen LogP) is 2.46. The van der Waals surface area contributed by atoms with Gasteiger partial charge in [-0.3, -0.25) is 0 Å². The molecule has 0 heterocycles. The summed E-state index contributed by atoms with van der Waals surface area (Å²) in [4.78, 5) is 0. The third-order valence-corrected chi connectivity index (χ3v) is 2.26. The Morgan fingerprint density at radius 2 is 1.86 bits per heavy atom. The van der Waals surface area contributed by atoms with Crippen molar-refractivity contribution in [2.24, 2.45) is 0 Å². The molecule has 0 spiro atoms. The molecule has 1 aliphatic carbocycles. The number of rotatable bonds is 0. The summed E-state index contributed by atoms with van der Waals surface area (Å²) in [7, 11) is 0. The van der Waals surface area contributed by atoms with Crippen molar-refractivity contribution in [2.45, 2.75) is 32.0 Å². The Kier molecular flexibility index (Phi) is 2.39. The zero-order chi connectivity index (χ0) is 11.1. The van der Waals surface area contributed by atoms with Crippen LogP contribution in [0.3, 0.4) is 0 Å². The molecule has 0 radical (unpaired) electrons. The van der Waals surface area contributed by atoms with Gasteiger partial charge in [0.15, 0.2) is 5.60 Å². The number of hydrogen-bond donors (Lipinski definition) is 2. The van der Waals surface area contributed by atoms with Crippen LogP contribution in [0.15, 0.2) is 23.0 Å². The summed E-state index contributed by atoms with van der Waals surface area (Å²) in [5.41, 5.74) is -2.65. The molecule has 0 aliphatic heterocycles. The van der Waals surface area contributed by atoms with E-state index in [1.54, 1.807) is 0 Å². The molecule has 80 valence electrons. The second-order valence-corrected chi connectivity index (χ2v) is 3.56. The van der Waals surface area contributed by atoms with Crippen molar-refractivity contribution < 1.29 is 23.4 Å². The second kappa shape index (κ2) is 3.02. The lowest BCUT2D eigenvalue weighted by molar-refractivity contribution is -0.240. The Balaban J connectivity index is 3.13. The van der Waals surface area contributed by atoms with Crippen molar-refractivity contribution in [3.05, 3.63) is 23.0 Å². The van der Waals surface area contributed by atoms with Crippen LogP contribution in [0.4, 0.5) is 13.2 Å². The molecule has 5 heteroatoms. The largest absolute Gasteiger partial charge is 0.508 e. The summed E-state index contributed by atoms with van der Waals surface area (Å²) >= 11 is 0. The second-order valence-electron chi connectivity index (χ2n) is 3.56. The fourth-order valence-corrected chi connectivity index (χ4v) is 1.48. The zero-order valence-electron chi connectivity index (χ0n) is 7.81. The molecule has 0 fully saturated rings. The molecule has 0 aromatic heterocycles.